The van der Waals surface area contributed by atoms with Crippen LogP contribution in [0.15, 0.2) is 71.6 Å². The molecule has 0 aromatic heterocycles. The number of imide groups is 1. The van der Waals surface area contributed by atoms with Crippen molar-refractivity contribution >= 4 is 52.2 Å². The van der Waals surface area contributed by atoms with Gasteiger partial charge in [0.05, 0.1) is 23.1 Å². The molecule has 0 saturated carbocycles. The van der Waals surface area contributed by atoms with E-state index in [9.17, 15) is 9.59 Å². The van der Waals surface area contributed by atoms with E-state index in [1.807, 2.05) is 37.3 Å². The van der Waals surface area contributed by atoms with Crippen molar-refractivity contribution in [2.75, 3.05) is 19.8 Å². The molecule has 0 spiro atoms. The molecule has 6 nitrogen and oxygen atoms in total. The van der Waals surface area contributed by atoms with E-state index in [1.54, 1.807) is 42.5 Å². The van der Waals surface area contributed by atoms with E-state index >= 15 is 0 Å². The van der Waals surface area contributed by atoms with Crippen LogP contribution in [0.3, 0.4) is 0 Å². The summed E-state index contributed by atoms with van der Waals surface area (Å²) in [5.41, 5.74) is 1.69. The van der Waals surface area contributed by atoms with Gasteiger partial charge in [-0.25, -0.2) is 0 Å². The number of hydrogen-bond donors (Lipinski definition) is 0. The Morgan fingerprint density at radius 2 is 1.67 bits per heavy atom. The van der Waals surface area contributed by atoms with Crippen LogP contribution in [0.4, 0.5) is 4.79 Å². The van der Waals surface area contributed by atoms with Gasteiger partial charge in [0.25, 0.3) is 11.1 Å². The van der Waals surface area contributed by atoms with E-state index in [4.69, 9.17) is 37.4 Å². The van der Waals surface area contributed by atoms with E-state index in [-0.39, 0.29) is 24.3 Å². The van der Waals surface area contributed by atoms with E-state index in [0.29, 0.717) is 45.4 Å². The third kappa shape index (κ3) is 6.55. The van der Waals surface area contributed by atoms with Gasteiger partial charge in [0.1, 0.15) is 19.0 Å². The van der Waals surface area contributed by atoms with Gasteiger partial charge in [0, 0.05) is 5.02 Å². The van der Waals surface area contributed by atoms with Gasteiger partial charge >= 0.3 is 0 Å². The van der Waals surface area contributed by atoms with Gasteiger partial charge in [-0.15, -0.1) is 0 Å². The molecule has 1 aliphatic rings. The monoisotopic (exact) mass is 543 g/mol. The van der Waals surface area contributed by atoms with E-state index < -0.39 is 0 Å². The molecule has 0 bridgehead atoms. The summed E-state index contributed by atoms with van der Waals surface area (Å²) in [5.74, 6) is 1.26. The Morgan fingerprint density at radius 1 is 0.889 bits per heavy atom. The minimum Gasteiger partial charge on any atom is -0.490 e. The van der Waals surface area contributed by atoms with Gasteiger partial charge in [-0.1, -0.05) is 53.5 Å². The average molecular weight is 544 g/mol. The topological polar surface area (TPSA) is 65.1 Å². The van der Waals surface area contributed by atoms with Gasteiger partial charge < -0.3 is 14.2 Å². The molecule has 36 heavy (non-hydrogen) atoms. The molecule has 0 aliphatic carbocycles. The number of amides is 2. The summed E-state index contributed by atoms with van der Waals surface area (Å²) in [5, 5.41) is 0.787. The lowest BCUT2D eigenvalue weighted by Crippen LogP contribution is -2.32. The molecule has 186 valence electrons. The third-order valence-corrected chi connectivity index (χ3v) is 6.63. The number of halogens is 2. The normalized spacial score (nSPS) is 14.4. The highest BCUT2D eigenvalue weighted by Gasteiger charge is 2.34. The van der Waals surface area contributed by atoms with Crippen molar-refractivity contribution in [3.63, 3.8) is 0 Å². The highest BCUT2D eigenvalue weighted by atomic mass is 35.5. The number of nitrogens with zero attached hydrogens (tertiary/aromatic N) is 1. The van der Waals surface area contributed by atoms with Crippen molar-refractivity contribution in [2.24, 2.45) is 0 Å². The predicted octanol–water partition coefficient (Wildman–Crippen LogP) is 7.09. The highest BCUT2D eigenvalue weighted by Crippen LogP contribution is 2.35. The summed E-state index contributed by atoms with van der Waals surface area (Å²) in [6, 6.07) is 19.8. The molecule has 3 aromatic carbocycles. The molecule has 3 aromatic rings. The van der Waals surface area contributed by atoms with Crippen molar-refractivity contribution in [2.45, 2.75) is 13.5 Å². The summed E-state index contributed by atoms with van der Waals surface area (Å²) >= 11 is 12.9. The van der Waals surface area contributed by atoms with Crippen molar-refractivity contribution in [1.82, 2.24) is 4.90 Å². The molecule has 1 fully saturated rings. The molecule has 1 aliphatic heterocycles. The van der Waals surface area contributed by atoms with Crippen LogP contribution in [-0.4, -0.2) is 35.8 Å². The quantitative estimate of drug-likeness (QED) is 0.254. The van der Waals surface area contributed by atoms with Crippen LogP contribution in [0.5, 0.6) is 17.2 Å². The van der Waals surface area contributed by atoms with Crippen LogP contribution in [-0.2, 0) is 11.4 Å². The molecule has 0 N–H and O–H groups in total. The van der Waals surface area contributed by atoms with E-state index in [2.05, 4.69) is 0 Å². The van der Waals surface area contributed by atoms with E-state index in [1.165, 1.54) is 4.90 Å². The number of thioether (sulfide) groups is 1. The largest absolute Gasteiger partial charge is 0.490 e. The molecule has 0 unspecified atom stereocenters. The van der Waals surface area contributed by atoms with Crippen LogP contribution < -0.4 is 14.2 Å². The Morgan fingerprint density at radius 3 is 2.42 bits per heavy atom. The van der Waals surface area contributed by atoms with Gasteiger partial charge in [0.15, 0.2) is 11.5 Å². The SMILES string of the molecule is CCOc1cc(/C=C2\SC(=O)N(CCOc3ccccc3Cl)C2=O)ccc1OCc1ccc(Cl)cc1. The van der Waals surface area contributed by atoms with Crippen LogP contribution in [0.1, 0.15) is 18.1 Å². The Balaban J connectivity index is 1.42. The van der Waals surface area contributed by atoms with Crippen molar-refractivity contribution in [1.29, 1.82) is 0 Å². The Kier molecular flexibility index (Phi) is 8.80. The summed E-state index contributed by atoms with van der Waals surface area (Å²) < 4.78 is 17.3. The van der Waals surface area contributed by atoms with Crippen LogP contribution in [0, 0.1) is 0 Å². The fourth-order valence-electron chi connectivity index (χ4n) is 3.40. The first-order valence-electron chi connectivity index (χ1n) is 11.2. The zero-order valence-corrected chi connectivity index (χ0v) is 21.7. The minimum absolute atomic E-state index is 0.120. The van der Waals surface area contributed by atoms with Crippen molar-refractivity contribution in [3.8, 4) is 17.2 Å². The molecule has 9 heteroatoms. The predicted molar refractivity (Wildman–Crippen MR) is 143 cm³/mol. The number of benzene rings is 3. The number of carbonyl (C=O) groups is 2. The van der Waals surface area contributed by atoms with Crippen LogP contribution >= 0.6 is 35.0 Å². The zero-order valence-electron chi connectivity index (χ0n) is 19.4. The fraction of sp³-hybridized carbons (Fsp3) is 0.185. The lowest BCUT2D eigenvalue weighted by molar-refractivity contribution is -0.123. The first kappa shape index (κ1) is 25.9. The summed E-state index contributed by atoms with van der Waals surface area (Å²) in [7, 11) is 0. The molecule has 2 amide bonds. The lowest BCUT2D eigenvalue weighted by Gasteiger charge is -2.14. The molecule has 0 atom stereocenters. The standard InChI is InChI=1S/C27H23Cl2NO5S/c1-2-33-24-15-19(9-12-23(24)35-17-18-7-10-20(28)11-8-18)16-25-26(31)30(27(32)36-25)13-14-34-22-6-4-3-5-21(22)29/h3-12,15-16H,2,13-14,17H2,1H3/b25-16-. The Bertz CT molecular complexity index is 1280. The number of hydrogen-bond acceptors (Lipinski definition) is 6. The van der Waals surface area contributed by atoms with Crippen LogP contribution in [0.2, 0.25) is 10.0 Å². The Hall–Kier alpha value is -3.13. The molecule has 1 saturated heterocycles. The molecular formula is C27H23Cl2NO5S. The first-order chi connectivity index (χ1) is 17.4. The summed E-state index contributed by atoms with van der Waals surface area (Å²) in [6.07, 6.45) is 1.67. The van der Waals surface area contributed by atoms with Gasteiger partial charge in [0.2, 0.25) is 0 Å². The second-order valence-corrected chi connectivity index (χ2v) is 9.50. The molecular weight excluding hydrogens is 521 g/mol. The summed E-state index contributed by atoms with van der Waals surface area (Å²) in [6.45, 7) is 2.94. The molecule has 4 rings (SSSR count). The lowest BCUT2D eigenvalue weighted by atomic mass is 10.1. The van der Waals surface area contributed by atoms with Crippen LogP contribution in [0.25, 0.3) is 6.08 Å². The van der Waals surface area contributed by atoms with Gasteiger partial charge in [-0.3, -0.25) is 14.5 Å². The minimum atomic E-state index is -0.367. The van der Waals surface area contributed by atoms with Gasteiger partial charge in [-0.05, 0) is 72.3 Å². The molecule has 0 radical (unpaired) electrons. The number of carbonyl (C=O) groups excluding carboxylic acids is 2. The second-order valence-electron chi connectivity index (χ2n) is 7.67. The fourth-order valence-corrected chi connectivity index (χ4v) is 4.58. The zero-order chi connectivity index (χ0) is 25.5. The van der Waals surface area contributed by atoms with E-state index in [0.717, 1.165) is 22.9 Å². The average Bonchev–Trinajstić information content (AvgIpc) is 3.13. The van der Waals surface area contributed by atoms with Crippen molar-refractivity contribution < 1.29 is 23.8 Å². The van der Waals surface area contributed by atoms with Crippen molar-refractivity contribution in [3.05, 3.63) is 92.8 Å². The third-order valence-electron chi connectivity index (χ3n) is 5.16. The second kappa shape index (κ2) is 12.2. The highest BCUT2D eigenvalue weighted by molar-refractivity contribution is 8.18. The Labute approximate surface area is 223 Å². The van der Waals surface area contributed by atoms with Gasteiger partial charge in [-0.2, -0.15) is 0 Å². The maximum atomic E-state index is 12.9. The maximum Gasteiger partial charge on any atom is 0.293 e. The number of ether oxygens (including phenoxy) is 3. The summed E-state index contributed by atoms with van der Waals surface area (Å²) in [4.78, 5) is 26.8. The molecule has 1 heterocycles. The number of rotatable bonds is 10. The smallest absolute Gasteiger partial charge is 0.293 e. The maximum absolute atomic E-state index is 12.9. The number of para-hydroxylation sites is 1. The first-order valence-corrected chi connectivity index (χ1v) is 12.8.